The normalized spacial score (nSPS) is 13.0. The van der Waals surface area contributed by atoms with Gasteiger partial charge in [0.2, 0.25) is 10.0 Å². The maximum Gasteiger partial charge on any atom is 0.216 e. The zero-order chi connectivity index (χ0) is 17.0. The lowest BCUT2D eigenvalue weighted by molar-refractivity contribution is 0.561. The van der Waals surface area contributed by atoms with E-state index in [2.05, 4.69) is 27.6 Å². The van der Waals surface area contributed by atoms with Gasteiger partial charge in [-0.3, -0.25) is 0 Å². The first-order valence-corrected chi connectivity index (χ1v) is 9.78. The van der Waals surface area contributed by atoms with Gasteiger partial charge in [0.1, 0.15) is 5.82 Å². The molecule has 1 atom stereocenters. The van der Waals surface area contributed by atoms with Crippen molar-refractivity contribution in [2.45, 2.75) is 32.1 Å². The monoisotopic (exact) mass is 399 g/mol. The highest BCUT2D eigenvalue weighted by atomic mass is 79.9. The van der Waals surface area contributed by atoms with Crippen molar-refractivity contribution < 1.29 is 12.8 Å². The summed E-state index contributed by atoms with van der Waals surface area (Å²) < 4.78 is 41.5. The zero-order valence-corrected chi connectivity index (χ0v) is 15.4. The number of hydrogen-bond acceptors (Lipinski definition) is 2. The first-order valence-electron chi connectivity index (χ1n) is 7.33. The Morgan fingerprint density at radius 1 is 1.17 bits per heavy atom. The summed E-state index contributed by atoms with van der Waals surface area (Å²) >= 11 is 3.15. The first kappa shape index (κ1) is 18.1. The fourth-order valence-corrected chi connectivity index (χ4v) is 4.00. The summed E-state index contributed by atoms with van der Waals surface area (Å²) in [6.45, 7) is 3.84. The van der Waals surface area contributed by atoms with Crippen LogP contribution in [0.15, 0.2) is 46.9 Å². The van der Waals surface area contributed by atoms with E-state index in [0.29, 0.717) is 4.47 Å². The van der Waals surface area contributed by atoms with Crippen molar-refractivity contribution in [3.8, 4) is 0 Å². The lowest BCUT2D eigenvalue weighted by Crippen LogP contribution is -2.28. The van der Waals surface area contributed by atoms with E-state index in [1.807, 2.05) is 24.3 Å². The van der Waals surface area contributed by atoms with E-state index >= 15 is 0 Å². The standard InChI is InChI=1S/C17H19BrFNO2S/c1-3-13-4-6-14(7-5-13)12(2)20-23(21,22)11-15-8-9-16(18)10-17(15)19/h4-10,12,20H,3,11H2,1-2H3/t12-/m0/s1. The Morgan fingerprint density at radius 2 is 1.83 bits per heavy atom. The van der Waals surface area contributed by atoms with Gasteiger partial charge in [0.05, 0.1) is 5.75 Å². The Balaban J connectivity index is 2.10. The van der Waals surface area contributed by atoms with E-state index in [0.717, 1.165) is 12.0 Å². The van der Waals surface area contributed by atoms with Gasteiger partial charge in [-0.05, 0) is 36.6 Å². The van der Waals surface area contributed by atoms with Gasteiger partial charge in [-0.1, -0.05) is 53.2 Å². The Labute approximate surface area is 145 Å². The minimum Gasteiger partial charge on any atom is -0.212 e. The fraction of sp³-hybridized carbons (Fsp3) is 0.294. The zero-order valence-electron chi connectivity index (χ0n) is 13.0. The van der Waals surface area contributed by atoms with Crippen LogP contribution in [0.2, 0.25) is 0 Å². The predicted molar refractivity (Wildman–Crippen MR) is 94.1 cm³/mol. The van der Waals surface area contributed by atoms with Crippen molar-refractivity contribution in [3.05, 3.63) is 69.4 Å². The molecule has 0 heterocycles. The third kappa shape index (κ3) is 5.12. The molecule has 0 unspecified atom stereocenters. The molecule has 3 nitrogen and oxygen atoms in total. The van der Waals surface area contributed by atoms with Gasteiger partial charge < -0.3 is 0 Å². The number of sulfonamides is 1. The molecule has 0 aromatic heterocycles. The summed E-state index contributed by atoms with van der Waals surface area (Å²) in [5.74, 6) is -0.923. The highest BCUT2D eigenvalue weighted by molar-refractivity contribution is 9.10. The Morgan fingerprint density at radius 3 is 2.39 bits per heavy atom. The second-order valence-electron chi connectivity index (χ2n) is 5.43. The molecule has 0 radical (unpaired) electrons. The number of nitrogens with one attached hydrogen (secondary N) is 1. The van der Waals surface area contributed by atoms with Crippen molar-refractivity contribution in [1.29, 1.82) is 0 Å². The van der Waals surface area contributed by atoms with E-state index in [1.54, 1.807) is 13.0 Å². The maximum atomic E-state index is 13.8. The number of rotatable bonds is 6. The molecule has 0 spiro atoms. The van der Waals surface area contributed by atoms with Crippen LogP contribution in [0.1, 0.15) is 36.6 Å². The second-order valence-corrected chi connectivity index (χ2v) is 8.10. The van der Waals surface area contributed by atoms with Gasteiger partial charge in [-0.2, -0.15) is 0 Å². The average Bonchev–Trinajstić information content (AvgIpc) is 2.49. The molecule has 2 aromatic rings. The highest BCUT2D eigenvalue weighted by Gasteiger charge is 2.18. The van der Waals surface area contributed by atoms with Crippen LogP contribution >= 0.6 is 15.9 Å². The molecule has 0 aliphatic carbocycles. The minimum absolute atomic E-state index is 0.147. The van der Waals surface area contributed by atoms with Gasteiger partial charge in [0.15, 0.2) is 0 Å². The lowest BCUT2D eigenvalue weighted by atomic mass is 10.1. The summed E-state index contributed by atoms with van der Waals surface area (Å²) in [5, 5.41) is 0. The predicted octanol–water partition coefficient (Wildman–Crippen LogP) is 4.33. The number of halogens is 2. The van der Waals surface area contributed by atoms with Gasteiger partial charge in [-0.25, -0.2) is 17.5 Å². The van der Waals surface area contributed by atoms with Crippen LogP contribution in [0, 0.1) is 5.82 Å². The second kappa shape index (κ2) is 7.55. The van der Waals surface area contributed by atoms with Crippen molar-refractivity contribution in [2.75, 3.05) is 0 Å². The molecule has 1 N–H and O–H groups in total. The smallest absolute Gasteiger partial charge is 0.212 e. The summed E-state index contributed by atoms with van der Waals surface area (Å²) in [4.78, 5) is 0. The molecule has 0 bridgehead atoms. The maximum absolute atomic E-state index is 13.8. The third-order valence-corrected chi connectivity index (χ3v) is 5.50. The molecule has 0 aliphatic rings. The number of aryl methyl sites for hydroxylation is 1. The molecule has 124 valence electrons. The molecule has 2 aromatic carbocycles. The lowest BCUT2D eigenvalue weighted by Gasteiger charge is -2.15. The van der Waals surface area contributed by atoms with E-state index in [9.17, 15) is 12.8 Å². The van der Waals surface area contributed by atoms with Crippen molar-refractivity contribution in [1.82, 2.24) is 4.72 Å². The molecule has 6 heteroatoms. The van der Waals surface area contributed by atoms with Crippen LogP contribution in [0.4, 0.5) is 4.39 Å². The molecule has 0 fully saturated rings. The highest BCUT2D eigenvalue weighted by Crippen LogP contribution is 2.19. The van der Waals surface area contributed by atoms with E-state index < -0.39 is 15.8 Å². The third-order valence-electron chi connectivity index (χ3n) is 3.60. The van der Waals surface area contributed by atoms with Crippen LogP contribution in [-0.2, 0) is 22.2 Å². The van der Waals surface area contributed by atoms with Crippen molar-refractivity contribution >= 4 is 26.0 Å². The quantitative estimate of drug-likeness (QED) is 0.785. The molecule has 2 rings (SSSR count). The van der Waals surface area contributed by atoms with Gasteiger partial charge in [-0.15, -0.1) is 0 Å². The van der Waals surface area contributed by atoms with Crippen LogP contribution in [0.5, 0.6) is 0 Å². The van der Waals surface area contributed by atoms with E-state index in [4.69, 9.17) is 0 Å². The van der Waals surface area contributed by atoms with Gasteiger partial charge in [0, 0.05) is 16.1 Å². The Bertz CT molecular complexity index is 776. The summed E-state index contributed by atoms with van der Waals surface area (Å²) in [6, 6.07) is 11.8. The topological polar surface area (TPSA) is 46.2 Å². The SMILES string of the molecule is CCc1ccc([C@H](C)NS(=O)(=O)Cc2ccc(Br)cc2F)cc1. The van der Waals surface area contributed by atoms with Crippen molar-refractivity contribution in [2.24, 2.45) is 0 Å². The molecular formula is C17H19BrFNO2S. The first-order chi connectivity index (χ1) is 10.8. The van der Waals surface area contributed by atoms with Gasteiger partial charge in [0.25, 0.3) is 0 Å². The summed E-state index contributed by atoms with van der Waals surface area (Å²) in [5.41, 5.74) is 2.22. The Kier molecular flexibility index (Phi) is 5.95. The molecule has 0 amide bonds. The van der Waals surface area contributed by atoms with Gasteiger partial charge >= 0.3 is 0 Å². The summed E-state index contributed by atoms with van der Waals surface area (Å²) in [6.07, 6.45) is 0.934. The molecule has 0 saturated heterocycles. The molecule has 23 heavy (non-hydrogen) atoms. The summed E-state index contributed by atoms with van der Waals surface area (Å²) in [7, 11) is -3.64. The van der Waals surface area contributed by atoms with Crippen LogP contribution in [0.3, 0.4) is 0 Å². The van der Waals surface area contributed by atoms with Crippen molar-refractivity contribution in [3.63, 3.8) is 0 Å². The van der Waals surface area contributed by atoms with Crippen LogP contribution in [-0.4, -0.2) is 8.42 Å². The molecule has 0 saturated carbocycles. The number of hydrogen-bond donors (Lipinski definition) is 1. The largest absolute Gasteiger partial charge is 0.216 e. The minimum atomic E-state index is -3.64. The van der Waals surface area contributed by atoms with Crippen LogP contribution < -0.4 is 4.72 Å². The average molecular weight is 400 g/mol. The Hall–Kier alpha value is -1.24. The van der Waals surface area contributed by atoms with E-state index in [-0.39, 0.29) is 17.4 Å². The fourth-order valence-electron chi connectivity index (χ4n) is 2.26. The molecule has 0 aliphatic heterocycles. The molecular weight excluding hydrogens is 381 g/mol. The van der Waals surface area contributed by atoms with Crippen LogP contribution in [0.25, 0.3) is 0 Å². The number of benzene rings is 2. The van der Waals surface area contributed by atoms with E-state index in [1.165, 1.54) is 17.7 Å².